The summed E-state index contributed by atoms with van der Waals surface area (Å²) in [5.74, 6) is -1.43. The summed E-state index contributed by atoms with van der Waals surface area (Å²) in [6.07, 6.45) is 0. The van der Waals surface area contributed by atoms with E-state index in [1.54, 1.807) is 30.3 Å². The summed E-state index contributed by atoms with van der Waals surface area (Å²) in [4.78, 5) is 22.1. The van der Waals surface area contributed by atoms with Gasteiger partial charge in [-0.2, -0.15) is 12.6 Å². The number of hydrogen-bond donors (Lipinski definition) is 3. The lowest BCUT2D eigenvalue weighted by Crippen LogP contribution is -2.42. The van der Waals surface area contributed by atoms with Crippen LogP contribution in [0, 0.1) is 0 Å². The Morgan fingerprint density at radius 2 is 1.93 bits per heavy atom. The van der Waals surface area contributed by atoms with E-state index in [1.807, 2.05) is 0 Å². The molecule has 0 unspecified atom stereocenters. The zero-order chi connectivity index (χ0) is 11.3. The smallest absolute Gasteiger partial charge is 0.327 e. The van der Waals surface area contributed by atoms with Crippen molar-refractivity contribution in [3.05, 3.63) is 35.9 Å². The second kappa shape index (κ2) is 5.41. The fraction of sp³-hybridized carbons (Fsp3) is 0.200. The minimum atomic E-state index is -1.09. The van der Waals surface area contributed by atoms with Crippen molar-refractivity contribution >= 4 is 24.5 Å². The number of rotatable bonds is 4. The van der Waals surface area contributed by atoms with Gasteiger partial charge >= 0.3 is 5.97 Å². The van der Waals surface area contributed by atoms with Crippen LogP contribution in [0.1, 0.15) is 10.4 Å². The maximum atomic E-state index is 11.5. The standard InChI is InChI=1S/C10H11NO3S/c12-9(7-4-2-1-3-5-7)11-8(6-15)10(13)14/h1-5,8,15H,6H2,(H,11,12)(H,13,14)/t8-/m1/s1. The Kier molecular flexibility index (Phi) is 4.17. The van der Waals surface area contributed by atoms with E-state index >= 15 is 0 Å². The first-order valence-corrected chi connectivity index (χ1v) is 4.98. The van der Waals surface area contributed by atoms with Gasteiger partial charge in [-0.3, -0.25) is 4.79 Å². The first-order valence-electron chi connectivity index (χ1n) is 4.34. The molecule has 0 bridgehead atoms. The average molecular weight is 225 g/mol. The van der Waals surface area contributed by atoms with Crippen LogP contribution in [0.4, 0.5) is 0 Å². The number of carboxylic acids is 1. The highest BCUT2D eigenvalue weighted by atomic mass is 32.1. The summed E-state index contributed by atoms with van der Waals surface area (Å²) in [5, 5.41) is 11.1. The Morgan fingerprint density at radius 3 is 2.40 bits per heavy atom. The Hall–Kier alpha value is -1.49. The molecule has 1 aromatic carbocycles. The van der Waals surface area contributed by atoms with Gasteiger partial charge in [-0.25, -0.2) is 4.79 Å². The lowest BCUT2D eigenvalue weighted by molar-refractivity contribution is -0.138. The number of nitrogens with one attached hydrogen (secondary N) is 1. The van der Waals surface area contributed by atoms with E-state index in [0.717, 1.165) is 0 Å². The molecule has 0 saturated carbocycles. The molecule has 80 valence electrons. The van der Waals surface area contributed by atoms with Crippen molar-refractivity contribution in [1.29, 1.82) is 0 Å². The van der Waals surface area contributed by atoms with E-state index in [1.165, 1.54) is 0 Å². The van der Waals surface area contributed by atoms with E-state index in [9.17, 15) is 9.59 Å². The summed E-state index contributed by atoms with van der Waals surface area (Å²) < 4.78 is 0. The summed E-state index contributed by atoms with van der Waals surface area (Å²) in [6, 6.07) is 7.49. The molecule has 0 aliphatic carbocycles. The van der Waals surface area contributed by atoms with E-state index in [4.69, 9.17) is 5.11 Å². The Labute approximate surface area is 92.7 Å². The molecule has 0 fully saturated rings. The third kappa shape index (κ3) is 3.28. The lowest BCUT2D eigenvalue weighted by atomic mass is 10.2. The highest BCUT2D eigenvalue weighted by Crippen LogP contribution is 1.99. The lowest BCUT2D eigenvalue weighted by Gasteiger charge is -2.11. The van der Waals surface area contributed by atoms with Crippen molar-refractivity contribution in [1.82, 2.24) is 5.32 Å². The summed E-state index contributed by atoms with van der Waals surface area (Å²) >= 11 is 3.85. The third-order valence-electron chi connectivity index (χ3n) is 1.82. The first-order chi connectivity index (χ1) is 7.15. The molecule has 15 heavy (non-hydrogen) atoms. The van der Waals surface area contributed by atoms with Gasteiger partial charge in [0.2, 0.25) is 0 Å². The molecule has 0 aliphatic heterocycles. The largest absolute Gasteiger partial charge is 0.480 e. The molecule has 2 N–H and O–H groups in total. The highest BCUT2D eigenvalue weighted by Gasteiger charge is 2.18. The monoisotopic (exact) mass is 225 g/mol. The fourth-order valence-corrected chi connectivity index (χ4v) is 1.26. The number of carbonyl (C=O) groups is 2. The Morgan fingerprint density at radius 1 is 1.33 bits per heavy atom. The van der Waals surface area contributed by atoms with Gasteiger partial charge in [0.15, 0.2) is 0 Å². The molecule has 4 nitrogen and oxygen atoms in total. The van der Waals surface area contributed by atoms with E-state index < -0.39 is 17.9 Å². The zero-order valence-corrected chi connectivity index (χ0v) is 8.78. The normalized spacial score (nSPS) is 11.8. The minimum absolute atomic E-state index is 0.0634. The summed E-state index contributed by atoms with van der Waals surface area (Å²) in [5.41, 5.74) is 0.436. The minimum Gasteiger partial charge on any atom is -0.480 e. The topological polar surface area (TPSA) is 66.4 Å². The molecule has 1 amide bonds. The predicted octanol–water partition coefficient (Wildman–Crippen LogP) is 0.799. The molecule has 1 atom stereocenters. The van der Waals surface area contributed by atoms with Crippen LogP contribution in [0.3, 0.4) is 0 Å². The number of benzene rings is 1. The SMILES string of the molecule is O=C(N[C@H](CS)C(=O)O)c1ccccc1. The molecule has 0 saturated heterocycles. The number of thiol groups is 1. The molecule has 0 radical (unpaired) electrons. The van der Waals surface area contributed by atoms with Crippen molar-refractivity contribution in [2.45, 2.75) is 6.04 Å². The maximum Gasteiger partial charge on any atom is 0.327 e. The predicted molar refractivity (Wildman–Crippen MR) is 59.2 cm³/mol. The molecule has 0 heterocycles. The van der Waals surface area contributed by atoms with Crippen molar-refractivity contribution < 1.29 is 14.7 Å². The number of hydrogen-bond acceptors (Lipinski definition) is 3. The van der Waals surface area contributed by atoms with E-state index in [0.29, 0.717) is 5.56 Å². The van der Waals surface area contributed by atoms with Crippen LogP contribution in [0.15, 0.2) is 30.3 Å². The van der Waals surface area contributed by atoms with Gasteiger partial charge < -0.3 is 10.4 Å². The van der Waals surface area contributed by atoms with Gasteiger partial charge in [-0.15, -0.1) is 0 Å². The van der Waals surface area contributed by atoms with Gasteiger partial charge in [0.1, 0.15) is 6.04 Å². The second-order valence-corrected chi connectivity index (χ2v) is 3.28. The van der Waals surface area contributed by atoms with Crippen LogP contribution in [0.5, 0.6) is 0 Å². The molecule has 1 aromatic rings. The number of carboxylic acid groups (broad SMARTS) is 1. The highest BCUT2D eigenvalue weighted by molar-refractivity contribution is 7.80. The van der Waals surface area contributed by atoms with Gasteiger partial charge in [0.25, 0.3) is 5.91 Å². The van der Waals surface area contributed by atoms with Crippen LogP contribution in [-0.4, -0.2) is 28.8 Å². The molecular weight excluding hydrogens is 214 g/mol. The van der Waals surface area contributed by atoms with Gasteiger partial charge in [0.05, 0.1) is 0 Å². The number of amides is 1. The van der Waals surface area contributed by atoms with Crippen LogP contribution in [-0.2, 0) is 4.79 Å². The third-order valence-corrected chi connectivity index (χ3v) is 2.19. The molecule has 0 spiro atoms. The fourth-order valence-electron chi connectivity index (χ4n) is 1.02. The van der Waals surface area contributed by atoms with E-state index in [2.05, 4.69) is 17.9 Å². The Balaban J connectivity index is 2.67. The maximum absolute atomic E-state index is 11.5. The van der Waals surface area contributed by atoms with Crippen LogP contribution >= 0.6 is 12.6 Å². The van der Waals surface area contributed by atoms with Crippen molar-refractivity contribution in [2.24, 2.45) is 0 Å². The number of aliphatic carboxylic acids is 1. The van der Waals surface area contributed by atoms with Crippen molar-refractivity contribution in [3.63, 3.8) is 0 Å². The van der Waals surface area contributed by atoms with Gasteiger partial charge in [-0.1, -0.05) is 18.2 Å². The number of carbonyl (C=O) groups excluding carboxylic acids is 1. The van der Waals surface area contributed by atoms with Crippen molar-refractivity contribution in [3.8, 4) is 0 Å². The van der Waals surface area contributed by atoms with E-state index in [-0.39, 0.29) is 5.75 Å². The quantitative estimate of drug-likeness (QED) is 0.664. The van der Waals surface area contributed by atoms with Crippen LogP contribution in [0.2, 0.25) is 0 Å². The summed E-state index contributed by atoms with van der Waals surface area (Å²) in [7, 11) is 0. The molecular formula is C10H11NO3S. The summed E-state index contributed by atoms with van der Waals surface area (Å²) in [6.45, 7) is 0. The Bertz CT molecular complexity index is 353. The molecule has 5 heteroatoms. The van der Waals surface area contributed by atoms with Crippen LogP contribution in [0.25, 0.3) is 0 Å². The van der Waals surface area contributed by atoms with Gasteiger partial charge in [0, 0.05) is 11.3 Å². The first kappa shape index (κ1) is 11.6. The van der Waals surface area contributed by atoms with Crippen LogP contribution < -0.4 is 5.32 Å². The second-order valence-electron chi connectivity index (χ2n) is 2.91. The van der Waals surface area contributed by atoms with Crippen molar-refractivity contribution in [2.75, 3.05) is 5.75 Å². The molecule has 1 rings (SSSR count). The average Bonchev–Trinajstić information content (AvgIpc) is 2.26. The molecule has 0 aromatic heterocycles. The zero-order valence-electron chi connectivity index (χ0n) is 7.88. The van der Waals surface area contributed by atoms with Gasteiger partial charge in [-0.05, 0) is 12.1 Å². The molecule has 0 aliphatic rings.